The van der Waals surface area contributed by atoms with Gasteiger partial charge in [-0.25, -0.2) is 4.79 Å². The first-order chi connectivity index (χ1) is 37.2. The molecule has 9 atom stereocenters. The molecule has 452 valence electrons. The number of hydrogen-bond acceptors (Lipinski definition) is 17. The third-order valence-electron chi connectivity index (χ3n) is 21.5. The van der Waals surface area contributed by atoms with E-state index in [2.05, 4.69) is 20.8 Å². The Morgan fingerprint density at radius 3 is 1.55 bits per heavy atom. The van der Waals surface area contributed by atoms with Gasteiger partial charge in [-0.15, -0.1) is 0 Å². The van der Waals surface area contributed by atoms with Crippen LogP contribution in [-0.2, 0) is 76.3 Å². The molecule has 0 aromatic heterocycles. The minimum atomic E-state index is -0.717. The highest BCUT2D eigenvalue weighted by Gasteiger charge is 2.70. The number of ether oxygens (including phenoxy) is 8. The van der Waals surface area contributed by atoms with Gasteiger partial charge in [0, 0.05) is 17.3 Å². The van der Waals surface area contributed by atoms with Gasteiger partial charge in [-0.2, -0.15) is 0 Å². The number of carbonyl (C=O) groups excluding carboxylic acids is 8. The van der Waals surface area contributed by atoms with Crippen LogP contribution in [0.2, 0.25) is 0 Å². The van der Waals surface area contributed by atoms with Gasteiger partial charge in [-0.3, -0.25) is 33.6 Å². The molecular weight excluding hydrogens is 1030 g/mol. The zero-order valence-corrected chi connectivity index (χ0v) is 51.0. The molecule has 10 bridgehead atoms. The number of hydrogen-bond donors (Lipinski definition) is 1. The van der Waals surface area contributed by atoms with Gasteiger partial charge in [-0.05, 0) is 207 Å². The average Bonchev–Trinajstić information content (AvgIpc) is 4.14. The van der Waals surface area contributed by atoms with Crippen molar-refractivity contribution in [2.75, 3.05) is 20.3 Å². The van der Waals surface area contributed by atoms with Crippen molar-refractivity contribution in [1.29, 1.82) is 0 Å². The molecule has 12 aliphatic rings. The summed E-state index contributed by atoms with van der Waals surface area (Å²) in [6, 6.07) is 0. The van der Waals surface area contributed by atoms with Crippen LogP contribution < -0.4 is 0 Å². The Morgan fingerprint density at radius 2 is 1.07 bits per heavy atom. The zero-order valence-electron chi connectivity index (χ0n) is 51.0. The van der Waals surface area contributed by atoms with Crippen molar-refractivity contribution in [3.05, 3.63) is 0 Å². The molecule has 12 fully saturated rings. The fraction of sp³-hybridized carbons (Fsp3) is 0.873. The molecule has 0 spiro atoms. The molecule has 10 aliphatic carbocycles. The first-order valence-electron chi connectivity index (χ1n) is 30.4. The normalized spacial score (nSPS) is 35.7. The molecule has 10 saturated carbocycles. The fourth-order valence-corrected chi connectivity index (χ4v) is 15.3. The maximum atomic E-state index is 12.6. The van der Waals surface area contributed by atoms with Crippen LogP contribution in [0.1, 0.15) is 206 Å². The third-order valence-corrected chi connectivity index (χ3v) is 21.5. The Morgan fingerprint density at radius 1 is 0.588 bits per heavy atom. The molecule has 0 radical (unpaired) electrons. The average molecular weight is 1130 g/mol. The SMILES string of the molecule is CCC(C)(C)C(=O)OC(C)(C)C12CC3CC(CC(C3)C1)C2.CCC(C)(C)C(=O)OC1C2CC3CC1CC(O)(C3)C2.CCC(C)(C)C(=O)OC1COC(=O)C1.CCC(C)(C)C(=O)OCC(=O)OC1C2CC3C1OC(=O)C3C2C(=O)OC. The molecular formula is C63H98O17. The molecule has 2 saturated heterocycles. The van der Waals surface area contributed by atoms with E-state index in [0.29, 0.717) is 37.0 Å². The van der Waals surface area contributed by atoms with E-state index >= 15 is 0 Å². The monoisotopic (exact) mass is 1130 g/mol. The topological polar surface area (TPSA) is 231 Å². The Kier molecular flexibility index (Phi) is 18.8. The standard InChI is InChI=1S/C19H32O2.C18H24O8.C16H26O3.C10H16O4/c1-6-17(2,3)16(20)21-18(4,5)19-10-13-7-14(11-19)9-15(8-13)12-19;1-5-18(2,3)17(22)24-7-10(19)25-13-8-6-9-12(11(8)15(20)23-4)16(21)26-14(9)13;1-4-15(2,3)14(17)19-13-11-5-10-6-12(13)9-16(18,7-10)8-11;1-4-10(2,3)9(12)14-7-5-8(11)13-6-7/h13-15H,6-12H2,1-5H3;8-9,11-14H,5-7H2,1-4H3;10-13,18H,4-9H2,1-3H3;7H,4-6H2,1-3H3. The van der Waals surface area contributed by atoms with Gasteiger partial charge in [0.2, 0.25) is 0 Å². The second-order valence-corrected chi connectivity index (χ2v) is 29.1. The molecule has 17 heteroatoms. The van der Waals surface area contributed by atoms with Gasteiger partial charge < -0.3 is 43.0 Å². The summed E-state index contributed by atoms with van der Waals surface area (Å²) in [7, 11) is 1.27. The largest absolute Gasteiger partial charge is 0.469 e. The van der Waals surface area contributed by atoms with E-state index in [4.69, 9.17) is 37.9 Å². The van der Waals surface area contributed by atoms with Crippen LogP contribution in [0.3, 0.4) is 0 Å². The summed E-state index contributed by atoms with van der Waals surface area (Å²) in [6.07, 6.45) is 15.2. The summed E-state index contributed by atoms with van der Waals surface area (Å²) >= 11 is 0. The minimum Gasteiger partial charge on any atom is -0.469 e. The summed E-state index contributed by atoms with van der Waals surface area (Å²) in [5.41, 5.74) is -2.42. The second-order valence-electron chi connectivity index (χ2n) is 29.1. The van der Waals surface area contributed by atoms with Crippen LogP contribution in [0.25, 0.3) is 0 Å². The van der Waals surface area contributed by atoms with E-state index in [1.165, 1.54) is 45.6 Å². The smallest absolute Gasteiger partial charge is 0.344 e. The molecule has 1 N–H and O–H groups in total. The molecule has 9 unspecified atom stereocenters. The summed E-state index contributed by atoms with van der Waals surface area (Å²) in [6.45, 7) is 27.0. The molecule has 0 amide bonds. The van der Waals surface area contributed by atoms with Gasteiger partial charge in [0.1, 0.15) is 36.6 Å². The van der Waals surface area contributed by atoms with E-state index in [1.54, 1.807) is 13.8 Å². The highest BCUT2D eigenvalue weighted by Crippen LogP contribution is 2.65. The van der Waals surface area contributed by atoms with Crippen LogP contribution in [-0.4, -0.2) is 109 Å². The highest BCUT2D eigenvalue weighted by molar-refractivity contribution is 5.86. The molecule has 12 rings (SSSR count). The van der Waals surface area contributed by atoms with Gasteiger partial charge in [0.25, 0.3) is 0 Å². The lowest BCUT2D eigenvalue weighted by Crippen LogP contribution is -2.58. The van der Waals surface area contributed by atoms with Crippen molar-refractivity contribution < 1.29 is 81.4 Å². The highest BCUT2D eigenvalue weighted by atomic mass is 16.6. The van der Waals surface area contributed by atoms with Crippen molar-refractivity contribution in [2.24, 2.45) is 86.3 Å². The van der Waals surface area contributed by atoms with Gasteiger partial charge in [-0.1, -0.05) is 27.7 Å². The van der Waals surface area contributed by atoms with Crippen LogP contribution in [0, 0.1) is 86.3 Å². The summed E-state index contributed by atoms with van der Waals surface area (Å²) < 4.78 is 42.5. The lowest BCUT2D eigenvalue weighted by Gasteiger charge is -2.61. The Bertz CT molecular complexity index is 2280. The van der Waals surface area contributed by atoms with Crippen LogP contribution >= 0.6 is 0 Å². The molecule has 17 nitrogen and oxygen atoms in total. The van der Waals surface area contributed by atoms with E-state index in [0.717, 1.165) is 62.7 Å². The Hall–Kier alpha value is -4.28. The maximum absolute atomic E-state index is 12.6. The number of carbonyl (C=O) groups is 8. The van der Waals surface area contributed by atoms with Crippen molar-refractivity contribution in [3.8, 4) is 0 Å². The lowest BCUT2D eigenvalue weighted by atomic mass is 9.46. The van der Waals surface area contributed by atoms with Crippen molar-refractivity contribution in [3.63, 3.8) is 0 Å². The zero-order chi connectivity index (χ0) is 59.3. The predicted molar refractivity (Wildman–Crippen MR) is 292 cm³/mol. The lowest BCUT2D eigenvalue weighted by molar-refractivity contribution is -0.206. The molecule has 80 heavy (non-hydrogen) atoms. The van der Waals surface area contributed by atoms with E-state index < -0.39 is 71.0 Å². The Balaban J connectivity index is 0.000000157. The first kappa shape index (κ1) is 63.3. The molecule has 0 aromatic rings. The van der Waals surface area contributed by atoms with E-state index in [1.807, 2.05) is 62.3 Å². The number of fused-ring (bicyclic) bond motifs is 1. The number of rotatable bonds is 16. The Labute approximate surface area is 475 Å². The third kappa shape index (κ3) is 13.2. The van der Waals surface area contributed by atoms with Gasteiger partial charge in [0.15, 0.2) is 6.61 Å². The predicted octanol–water partition coefficient (Wildman–Crippen LogP) is 10.0. The number of methoxy groups -OCH3 is 1. The van der Waals surface area contributed by atoms with Crippen LogP contribution in [0.15, 0.2) is 0 Å². The minimum absolute atomic E-state index is 0.00857. The van der Waals surface area contributed by atoms with Crippen molar-refractivity contribution >= 4 is 47.8 Å². The van der Waals surface area contributed by atoms with Crippen molar-refractivity contribution in [2.45, 2.75) is 242 Å². The molecule has 2 aliphatic heterocycles. The van der Waals surface area contributed by atoms with Crippen LogP contribution in [0.4, 0.5) is 0 Å². The fourth-order valence-electron chi connectivity index (χ4n) is 15.3. The number of esters is 8. The number of cyclic esters (lactones) is 1. The van der Waals surface area contributed by atoms with Gasteiger partial charge in [0.05, 0.1) is 52.6 Å². The first-order valence-corrected chi connectivity index (χ1v) is 30.4. The number of aliphatic hydroxyl groups is 1. The summed E-state index contributed by atoms with van der Waals surface area (Å²) in [5, 5.41) is 10.5. The van der Waals surface area contributed by atoms with E-state index in [-0.39, 0.29) is 82.8 Å². The summed E-state index contributed by atoms with van der Waals surface area (Å²) in [5.74, 6) is -0.235. The molecule has 2 heterocycles. The van der Waals surface area contributed by atoms with E-state index in [9.17, 15) is 43.5 Å². The summed E-state index contributed by atoms with van der Waals surface area (Å²) in [4.78, 5) is 95.4. The maximum Gasteiger partial charge on any atom is 0.344 e. The van der Waals surface area contributed by atoms with Crippen molar-refractivity contribution in [1.82, 2.24) is 0 Å². The van der Waals surface area contributed by atoms with Gasteiger partial charge >= 0.3 is 47.8 Å². The van der Waals surface area contributed by atoms with Crippen LogP contribution in [0.5, 0.6) is 0 Å². The quantitative estimate of drug-likeness (QED) is 0.112. The molecule has 0 aromatic carbocycles. The second kappa shape index (κ2) is 23.8.